The Morgan fingerprint density at radius 1 is 1.52 bits per heavy atom. The predicted octanol–water partition coefficient (Wildman–Crippen LogP) is 2.29. The summed E-state index contributed by atoms with van der Waals surface area (Å²) in [5.74, 6) is -0.828. The van der Waals surface area contributed by atoms with Crippen molar-refractivity contribution in [3.05, 3.63) is 28.7 Å². The lowest BCUT2D eigenvalue weighted by atomic mass is 9.87. The molecule has 0 spiro atoms. The Bertz CT molecular complexity index is 605. The molecule has 0 bridgehead atoms. The van der Waals surface area contributed by atoms with Gasteiger partial charge in [-0.15, -0.1) is 0 Å². The molecule has 1 aliphatic rings. The van der Waals surface area contributed by atoms with Crippen LogP contribution in [0.2, 0.25) is 0 Å². The molecule has 2 amide bonds. The molecule has 1 heterocycles. The number of amides is 2. The van der Waals surface area contributed by atoms with Gasteiger partial charge < -0.3 is 16.0 Å². The van der Waals surface area contributed by atoms with Crippen LogP contribution in [0.25, 0.3) is 0 Å². The number of nitrogens with two attached hydrogens (primary N) is 1. The SMILES string of the molecule is CC(C)C(C)(CN)NC(=O)C1CCN(c2cccc(Br)c2)C1=O. The van der Waals surface area contributed by atoms with Gasteiger partial charge in [0.2, 0.25) is 11.8 Å². The molecule has 23 heavy (non-hydrogen) atoms. The molecule has 1 aromatic rings. The van der Waals surface area contributed by atoms with Gasteiger partial charge in [-0.05, 0) is 37.5 Å². The third kappa shape index (κ3) is 3.75. The summed E-state index contributed by atoms with van der Waals surface area (Å²) < 4.78 is 0.909. The monoisotopic (exact) mass is 381 g/mol. The van der Waals surface area contributed by atoms with Crippen LogP contribution in [0.4, 0.5) is 5.69 Å². The van der Waals surface area contributed by atoms with Crippen molar-refractivity contribution in [1.29, 1.82) is 0 Å². The fourth-order valence-corrected chi connectivity index (χ4v) is 3.01. The lowest BCUT2D eigenvalue weighted by molar-refractivity contribution is -0.133. The fourth-order valence-electron chi connectivity index (χ4n) is 2.62. The molecule has 0 radical (unpaired) electrons. The molecule has 126 valence electrons. The van der Waals surface area contributed by atoms with E-state index < -0.39 is 11.5 Å². The first kappa shape index (κ1) is 17.9. The maximum atomic E-state index is 12.6. The van der Waals surface area contributed by atoms with Crippen molar-refractivity contribution in [2.24, 2.45) is 17.6 Å². The van der Waals surface area contributed by atoms with Crippen LogP contribution >= 0.6 is 15.9 Å². The van der Waals surface area contributed by atoms with Gasteiger partial charge in [0.1, 0.15) is 5.92 Å². The van der Waals surface area contributed by atoms with Crippen molar-refractivity contribution in [3.8, 4) is 0 Å². The summed E-state index contributed by atoms with van der Waals surface area (Å²) in [7, 11) is 0. The maximum Gasteiger partial charge on any atom is 0.239 e. The first-order chi connectivity index (χ1) is 10.8. The van der Waals surface area contributed by atoms with Crippen molar-refractivity contribution in [2.45, 2.75) is 32.7 Å². The van der Waals surface area contributed by atoms with Gasteiger partial charge >= 0.3 is 0 Å². The quantitative estimate of drug-likeness (QED) is 0.768. The first-order valence-electron chi connectivity index (χ1n) is 7.87. The predicted molar refractivity (Wildman–Crippen MR) is 95.0 cm³/mol. The topological polar surface area (TPSA) is 75.4 Å². The highest BCUT2D eigenvalue weighted by Crippen LogP contribution is 2.28. The molecule has 0 aromatic heterocycles. The van der Waals surface area contributed by atoms with Gasteiger partial charge in [-0.3, -0.25) is 9.59 Å². The third-order valence-corrected chi connectivity index (χ3v) is 5.24. The average Bonchev–Trinajstić information content (AvgIpc) is 2.88. The minimum atomic E-state index is -0.640. The van der Waals surface area contributed by atoms with Gasteiger partial charge in [0.05, 0.1) is 5.54 Å². The number of hydrogen-bond acceptors (Lipinski definition) is 3. The van der Waals surface area contributed by atoms with Crippen LogP contribution in [0.5, 0.6) is 0 Å². The summed E-state index contributed by atoms with van der Waals surface area (Å²) in [5, 5.41) is 2.98. The van der Waals surface area contributed by atoms with Gasteiger partial charge in [-0.25, -0.2) is 0 Å². The number of benzene rings is 1. The average molecular weight is 382 g/mol. The van der Waals surface area contributed by atoms with Crippen molar-refractivity contribution < 1.29 is 9.59 Å². The van der Waals surface area contributed by atoms with E-state index in [0.29, 0.717) is 19.5 Å². The zero-order chi connectivity index (χ0) is 17.2. The maximum absolute atomic E-state index is 12.6. The van der Waals surface area contributed by atoms with Crippen molar-refractivity contribution in [3.63, 3.8) is 0 Å². The molecule has 2 atom stereocenters. The second-order valence-electron chi connectivity index (χ2n) is 6.58. The molecule has 1 fully saturated rings. The van der Waals surface area contributed by atoms with E-state index in [1.54, 1.807) is 4.90 Å². The minimum Gasteiger partial charge on any atom is -0.349 e. The number of nitrogens with zero attached hydrogens (tertiary/aromatic N) is 1. The molecule has 1 saturated heterocycles. The normalized spacial score (nSPS) is 20.7. The summed E-state index contributed by atoms with van der Waals surface area (Å²) in [5.41, 5.74) is 6.12. The third-order valence-electron chi connectivity index (χ3n) is 4.75. The molecule has 5 nitrogen and oxygen atoms in total. The molecule has 0 saturated carbocycles. The Hall–Kier alpha value is -1.40. The lowest BCUT2D eigenvalue weighted by Crippen LogP contribution is -2.57. The molecule has 1 aromatic carbocycles. The second kappa shape index (κ2) is 7.01. The Labute approximate surface area is 145 Å². The molecule has 6 heteroatoms. The van der Waals surface area contributed by atoms with Crippen LogP contribution < -0.4 is 16.0 Å². The molecule has 2 rings (SSSR count). The summed E-state index contributed by atoms with van der Waals surface area (Å²) >= 11 is 3.41. The largest absolute Gasteiger partial charge is 0.349 e. The van der Waals surface area contributed by atoms with Gasteiger partial charge in [0.15, 0.2) is 0 Å². The highest BCUT2D eigenvalue weighted by molar-refractivity contribution is 9.10. The number of carbonyl (C=O) groups is 2. The van der Waals surface area contributed by atoms with Crippen LogP contribution in [-0.4, -0.2) is 30.4 Å². The van der Waals surface area contributed by atoms with E-state index in [1.165, 1.54) is 0 Å². The Kier molecular flexibility index (Phi) is 5.47. The van der Waals surface area contributed by atoms with Crippen molar-refractivity contribution in [2.75, 3.05) is 18.0 Å². The van der Waals surface area contributed by atoms with Gasteiger partial charge in [-0.2, -0.15) is 0 Å². The number of rotatable bonds is 5. The standard InChI is InChI=1S/C17H24BrN3O2/c1-11(2)17(3,10-19)20-15(22)14-7-8-21(16(14)23)13-6-4-5-12(18)9-13/h4-6,9,11,14H,7-8,10,19H2,1-3H3,(H,20,22). The Morgan fingerprint density at radius 3 is 2.78 bits per heavy atom. The second-order valence-corrected chi connectivity index (χ2v) is 7.49. The molecule has 1 aliphatic heterocycles. The Balaban J connectivity index is 2.11. The fraction of sp³-hybridized carbons (Fsp3) is 0.529. The molecule has 3 N–H and O–H groups in total. The van der Waals surface area contributed by atoms with Crippen LogP contribution in [0, 0.1) is 11.8 Å². The Morgan fingerprint density at radius 2 is 2.22 bits per heavy atom. The van der Waals surface area contributed by atoms with Gasteiger partial charge in [0, 0.05) is 23.2 Å². The first-order valence-corrected chi connectivity index (χ1v) is 8.67. The number of hydrogen-bond donors (Lipinski definition) is 2. The summed E-state index contributed by atoms with van der Waals surface area (Å²) in [6.07, 6.45) is 0.524. The number of halogens is 1. The van der Waals surface area contributed by atoms with E-state index >= 15 is 0 Å². The van der Waals surface area contributed by atoms with Crippen LogP contribution in [-0.2, 0) is 9.59 Å². The zero-order valence-electron chi connectivity index (χ0n) is 13.8. The molecular formula is C17H24BrN3O2. The van der Waals surface area contributed by atoms with Gasteiger partial charge in [-0.1, -0.05) is 35.8 Å². The smallest absolute Gasteiger partial charge is 0.239 e. The number of nitrogens with one attached hydrogen (secondary N) is 1. The summed E-state index contributed by atoms with van der Waals surface area (Å²) in [4.78, 5) is 26.8. The van der Waals surface area contributed by atoms with E-state index in [9.17, 15) is 9.59 Å². The lowest BCUT2D eigenvalue weighted by Gasteiger charge is -2.34. The van der Waals surface area contributed by atoms with Gasteiger partial charge in [0.25, 0.3) is 0 Å². The molecule has 2 unspecified atom stereocenters. The zero-order valence-corrected chi connectivity index (χ0v) is 15.4. The van der Waals surface area contributed by atoms with Crippen LogP contribution in [0.15, 0.2) is 28.7 Å². The summed E-state index contributed by atoms with van der Waals surface area (Å²) in [6, 6.07) is 7.55. The van der Waals surface area contributed by atoms with E-state index in [0.717, 1.165) is 10.2 Å². The molecular weight excluding hydrogens is 358 g/mol. The van der Waals surface area contributed by atoms with E-state index in [2.05, 4.69) is 21.2 Å². The highest BCUT2D eigenvalue weighted by Gasteiger charge is 2.40. The van der Waals surface area contributed by atoms with Crippen molar-refractivity contribution >= 4 is 33.4 Å². The minimum absolute atomic E-state index is 0.149. The van der Waals surface area contributed by atoms with Crippen LogP contribution in [0.3, 0.4) is 0 Å². The van der Waals surface area contributed by atoms with E-state index in [4.69, 9.17) is 5.73 Å². The van der Waals surface area contributed by atoms with E-state index in [-0.39, 0.29) is 17.7 Å². The summed E-state index contributed by atoms with van der Waals surface area (Å²) in [6.45, 7) is 6.83. The highest BCUT2D eigenvalue weighted by atomic mass is 79.9. The number of carbonyl (C=O) groups excluding carboxylic acids is 2. The van der Waals surface area contributed by atoms with Crippen molar-refractivity contribution in [1.82, 2.24) is 5.32 Å². The number of anilines is 1. The molecule has 0 aliphatic carbocycles. The van der Waals surface area contributed by atoms with E-state index in [1.807, 2.05) is 45.0 Å². The van der Waals surface area contributed by atoms with Crippen LogP contribution in [0.1, 0.15) is 27.2 Å².